The molecule has 2 aromatic heterocycles. The van der Waals surface area contributed by atoms with Crippen molar-refractivity contribution >= 4 is 17.2 Å². The van der Waals surface area contributed by atoms with Gasteiger partial charge in [-0.15, -0.1) is 0 Å². The van der Waals surface area contributed by atoms with Crippen molar-refractivity contribution in [1.29, 1.82) is 0 Å². The van der Waals surface area contributed by atoms with Crippen LogP contribution in [0.2, 0.25) is 0 Å². The lowest BCUT2D eigenvalue weighted by Crippen LogP contribution is -2.15. The minimum atomic E-state index is -4.40. The number of carbonyl (C=O) groups excluding carboxylic acids is 1. The lowest BCUT2D eigenvalue weighted by molar-refractivity contribution is -0.137. The van der Waals surface area contributed by atoms with E-state index >= 15 is 0 Å². The molecule has 0 aliphatic heterocycles. The van der Waals surface area contributed by atoms with Gasteiger partial charge in [0, 0.05) is 18.1 Å². The zero-order valence-electron chi connectivity index (χ0n) is 11.1. The molecular formula is C15H10F3N3O. The first-order chi connectivity index (χ1) is 10.4. The molecular weight excluding hydrogens is 295 g/mol. The van der Waals surface area contributed by atoms with Gasteiger partial charge in [0.2, 0.25) is 0 Å². The van der Waals surface area contributed by atoms with E-state index < -0.39 is 17.6 Å². The summed E-state index contributed by atoms with van der Waals surface area (Å²) >= 11 is 0. The highest BCUT2D eigenvalue weighted by Crippen LogP contribution is 2.29. The molecule has 4 nitrogen and oxygen atoms in total. The Labute approximate surface area is 123 Å². The SMILES string of the molecule is O=C(Nc1ccc(C(F)(F)F)cc1)c1cccc2nccn12. The van der Waals surface area contributed by atoms with Gasteiger partial charge in [0.15, 0.2) is 0 Å². The number of rotatable bonds is 2. The Bertz CT molecular complexity index is 822. The lowest BCUT2D eigenvalue weighted by atomic mass is 10.2. The van der Waals surface area contributed by atoms with E-state index in [9.17, 15) is 18.0 Å². The summed E-state index contributed by atoms with van der Waals surface area (Å²) in [5, 5.41) is 2.56. The number of halogens is 3. The van der Waals surface area contributed by atoms with E-state index in [1.807, 2.05) is 0 Å². The quantitative estimate of drug-likeness (QED) is 0.786. The Morgan fingerprint density at radius 3 is 2.50 bits per heavy atom. The third-order valence-corrected chi connectivity index (χ3v) is 3.13. The lowest BCUT2D eigenvalue weighted by Gasteiger charge is -2.09. The number of pyridine rings is 1. The number of hydrogen-bond donors (Lipinski definition) is 1. The van der Waals surface area contributed by atoms with Crippen molar-refractivity contribution < 1.29 is 18.0 Å². The van der Waals surface area contributed by atoms with E-state index in [0.29, 0.717) is 11.3 Å². The van der Waals surface area contributed by atoms with Crippen LogP contribution in [0.3, 0.4) is 0 Å². The first kappa shape index (κ1) is 14.1. The maximum atomic E-state index is 12.5. The van der Waals surface area contributed by atoms with Crippen molar-refractivity contribution in [2.45, 2.75) is 6.18 Å². The standard InChI is InChI=1S/C15H10F3N3O/c16-15(17,18)10-4-6-11(7-5-10)20-14(22)12-2-1-3-13-19-8-9-21(12)13/h1-9H,(H,20,22). The third-order valence-electron chi connectivity index (χ3n) is 3.13. The van der Waals surface area contributed by atoms with Gasteiger partial charge >= 0.3 is 6.18 Å². The number of aromatic nitrogens is 2. The Morgan fingerprint density at radius 1 is 1.09 bits per heavy atom. The number of alkyl halides is 3. The minimum absolute atomic E-state index is 0.287. The van der Waals surface area contributed by atoms with Crippen LogP contribution in [-0.2, 0) is 6.18 Å². The molecule has 0 bridgehead atoms. The molecule has 0 atom stereocenters. The fourth-order valence-corrected chi connectivity index (χ4v) is 2.07. The molecule has 0 aliphatic carbocycles. The maximum absolute atomic E-state index is 12.5. The number of imidazole rings is 1. The number of amides is 1. The molecule has 3 aromatic rings. The second kappa shape index (κ2) is 5.18. The van der Waals surface area contributed by atoms with Crippen LogP contribution in [0.25, 0.3) is 5.65 Å². The van der Waals surface area contributed by atoms with Gasteiger partial charge in [0.05, 0.1) is 5.56 Å². The predicted octanol–water partition coefficient (Wildman–Crippen LogP) is 3.61. The van der Waals surface area contributed by atoms with Crippen molar-refractivity contribution in [3.63, 3.8) is 0 Å². The molecule has 0 saturated heterocycles. The molecule has 112 valence electrons. The minimum Gasteiger partial charge on any atom is -0.321 e. The second-order valence-corrected chi connectivity index (χ2v) is 4.60. The molecule has 22 heavy (non-hydrogen) atoms. The van der Waals surface area contributed by atoms with Gasteiger partial charge in [-0.25, -0.2) is 4.98 Å². The second-order valence-electron chi connectivity index (χ2n) is 4.60. The number of fused-ring (bicyclic) bond motifs is 1. The van der Waals surface area contributed by atoms with Crippen LogP contribution >= 0.6 is 0 Å². The van der Waals surface area contributed by atoms with Gasteiger partial charge in [0.25, 0.3) is 5.91 Å². The Hall–Kier alpha value is -2.83. The largest absolute Gasteiger partial charge is 0.416 e. The van der Waals surface area contributed by atoms with Crippen LogP contribution in [0.4, 0.5) is 18.9 Å². The van der Waals surface area contributed by atoms with Gasteiger partial charge < -0.3 is 5.32 Å². The molecule has 0 unspecified atom stereocenters. The van der Waals surface area contributed by atoms with Gasteiger partial charge in [-0.3, -0.25) is 9.20 Å². The third kappa shape index (κ3) is 2.65. The van der Waals surface area contributed by atoms with E-state index in [1.54, 1.807) is 35.0 Å². The van der Waals surface area contributed by atoms with Crippen molar-refractivity contribution in [3.8, 4) is 0 Å². The summed E-state index contributed by atoms with van der Waals surface area (Å²) in [5.74, 6) is -0.427. The highest BCUT2D eigenvalue weighted by atomic mass is 19.4. The van der Waals surface area contributed by atoms with Gasteiger partial charge in [0.1, 0.15) is 11.3 Å². The van der Waals surface area contributed by atoms with E-state index in [4.69, 9.17) is 0 Å². The van der Waals surface area contributed by atoms with Gasteiger partial charge in [-0.05, 0) is 36.4 Å². The molecule has 0 spiro atoms. The molecule has 0 fully saturated rings. The van der Waals surface area contributed by atoms with Crippen LogP contribution in [0.15, 0.2) is 54.9 Å². The molecule has 3 rings (SSSR count). The molecule has 1 amide bonds. The first-order valence-corrected chi connectivity index (χ1v) is 6.36. The molecule has 1 N–H and O–H groups in total. The smallest absolute Gasteiger partial charge is 0.321 e. The number of carbonyl (C=O) groups is 1. The van der Waals surface area contributed by atoms with Crippen LogP contribution in [-0.4, -0.2) is 15.3 Å². The summed E-state index contributed by atoms with van der Waals surface area (Å²) in [6.45, 7) is 0. The van der Waals surface area contributed by atoms with Crippen LogP contribution < -0.4 is 5.32 Å². The normalized spacial score (nSPS) is 11.6. The fourth-order valence-electron chi connectivity index (χ4n) is 2.07. The van der Waals surface area contributed by atoms with E-state index in [1.165, 1.54) is 12.1 Å². The maximum Gasteiger partial charge on any atom is 0.416 e. The van der Waals surface area contributed by atoms with E-state index in [2.05, 4.69) is 10.3 Å². The Kier molecular flexibility index (Phi) is 3.32. The number of anilines is 1. The van der Waals surface area contributed by atoms with Crippen molar-refractivity contribution in [1.82, 2.24) is 9.38 Å². The summed E-state index contributed by atoms with van der Waals surface area (Å²) in [4.78, 5) is 16.3. The first-order valence-electron chi connectivity index (χ1n) is 6.36. The van der Waals surface area contributed by atoms with Crippen molar-refractivity contribution in [2.24, 2.45) is 0 Å². The topological polar surface area (TPSA) is 46.4 Å². The number of hydrogen-bond acceptors (Lipinski definition) is 2. The molecule has 7 heteroatoms. The average Bonchev–Trinajstić information content (AvgIpc) is 2.95. The Balaban J connectivity index is 1.84. The zero-order chi connectivity index (χ0) is 15.7. The van der Waals surface area contributed by atoms with E-state index in [0.717, 1.165) is 12.1 Å². The van der Waals surface area contributed by atoms with Gasteiger partial charge in [-0.2, -0.15) is 13.2 Å². The zero-order valence-corrected chi connectivity index (χ0v) is 11.1. The highest BCUT2D eigenvalue weighted by molar-refractivity contribution is 6.03. The summed E-state index contributed by atoms with van der Waals surface area (Å²) in [7, 11) is 0. The highest BCUT2D eigenvalue weighted by Gasteiger charge is 2.30. The predicted molar refractivity (Wildman–Crippen MR) is 74.6 cm³/mol. The Morgan fingerprint density at radius 2 is 1.82 bits per heavy atom. The van der Waals surface area contributed by atoms with Crippen molar-refractivity contribution in [2.75, 3.05) is 5.32 Å². The van der Waals surface area contributed by atoms with Gasteiger partial charge in [-0.1, -0.05) is 6.07 Å². The van der Waals surface area contributed by atoms with Crippen LogP contribution in [0.1, 0.15) is 16.1 Å². The summed E-state index contributed by atoms with van der Waals surface area (Å²) < 4.78 is 39.1. The molecule has 0 saturated carbocycles. The van der Waals surface area contributed by atoms with Crippen molar-refractivity contribution in [3.05, 3.63) is 66.1 Å². The van der Waals surface area contributed by atoms with E-state index in [-0.39, 0.29) is 5.69 Å². The summed E-state index contributed by atoms with van der Waals surface area (Å²) in [6.07, 6.45) is -1.20. The average molecular weight is 305 g/mol. The fraction of sp³-hybridized carbons (Fsp3) is 0.0667. The monoisotopic (exact) mass is 305 g/mol. The summed E-state index contributed by atoms with van der Waals surface area (Å²) in [6, 6.07) is 9.32. The number of nitrogens with zero attached hydrogens (tertiary/aromatic N) is 2. The van der Waals surface area contributed by atoms with Crippen LogP contribution in [0.5, 0.6) is 0 Å². The summed E-state index contributed by atoms with van der Waals surface area (Å²) in [5.41, 5.74) is 0.479. The number of nitrogens with one attached hydrogen (secondary N) is 1. The molecule has 0 aliphatic rings. The molecule has 1 aromatic carbocycles. The number of benzene rings is 1. The molecule has 0 radical (unpaired) electrons. The van der Waals surface area contributed by atoms with Crippen LogP contribution in [0, 0.1) is 0 Å². The molecule has 2 heterocycles.